The van der Waals surface area contributed by atoms with Crippen LogP contribution in [-0.2, 0) is 19.5 Å². The number of morpholine rings is 1. The zero-order chi connectivity index (χ0) is 31.1. The molecular formula is C28H37F3N6O6S. The fraction of sp³-hybridized carbons (Fsp3) is 0.607. The molecule has 1 aromatic carbocycles. The number of benzene rings is 1. The molecule has 5 aliphatic heterocycles. The van der Waals surface area contributed by atoms with Crippen LogP contribution in [0.4, 0.5) is 18.9 Å². The summed E-state index contributed by atoms with van der Waals surface area (Å²) < 4.78 is 93.0. The molecule has 0 spiro atoms. The van der Waals surface area contributed by atoms with E-state index in [0.717, 1.165) is 25.9 Å². The first-order valence-electron chi connectivity index (χ1n) is 14.7. The molecule has 4 N–H and O–H groups in total. The lowest BCUT2D eigenvalue weighted by atomic mass is 9.83. The lowest BCUT2D eigenvalue weighted by Crippen LogP contribution is -2.50. The van der Waals surface area contributed by atoms with Crippen molar-refractivity contribution in [2.75, 3.05) is 78.2 Å². The molecule has 0 aromatic heterocycles. The summed E-state index contributed by atoms with van der Waals surface area (Å²) in [6.45, 7) is 3.84. The Morgan fingerprint density at radius 1 is 1.11 bits per heavy atom. The molecule has 0 radical (unpaired) electrons. The Balaban J connectivity index is 1.27. The van der Waals surface area contributed by atoms with Crippen molar-refractivity contribution in [2.45, 2.75) is 41.9 Å². The highest BCUT2D eigenvalue weighted by Crippen LogP contribution is 2.45. The number of anilines is 1. The number of amidine groups is 1. The van der Waals surface area contributed by atoms with E-state index in [9.17, 15) is 21.6 Å². The molecule has 0 amide bonds. The highest BCUT2D eigenvalue weighted by molar-refractivity contribution is 7.89. The third kappa shape index (κ3) is 5.90. The Kier molecular flexibility index (Phi) is 8.58. The number of rotatable bonds is 8. The average molecular weight is 643 g/mol. The maximum Gasteiger partial charge on any atom is 0.414 e. The molecule has 16 heteroatoms. The van der Waals surface area contributed by atoms with Gasteiger partial charge in [0.25, 0.3) is 0 Å². The van der Waals surface area contributed by atoms with E-state index in [0.29, 0.717) is 38.0 Å². The van der Waals surface area contributed by atoms with Crippen LogP contribution in [0.1, 0.15) is 19.3 Å². The molecule has 242 valence electrons. The molecule has 0 aliphatic carbocycles. The third-order valence-corrected chi connectivity index (χ3v) is 10.6. The van der Waals surface area contributed by atoms with Crippen LogP contribution in [0.25, 0.3) is 0 Å². The standard InChI is InChI=1S/C28H37F3N6O6S/c1-40-11-6-27(32)16-22(35-26-23(27)19(17-33-26)28(29,30)31)34-20-2-3-21(25-24(20)42-14-15-43-25)44(38,39)37-7-4-18(5-8-37)36-9-12-41-13-10-36/h2-3,16,18,34H,4-15,17,32H2,1H3,(H,33,35). The maximum absolute atomic E-state index is 13.8. The highest BCUT2D eigenvalue weighted by atomic mass is 32.2. The van der Waals surface area contributed by atoms with Crippen molar-refractivity contribution in [2.24, 2.45) is 10.7 Å². The van der Waals surface area contributed by atoms with Crippen molar-refractivity contribution in [3.05, 3.63) is 35.2 Å². The molecule has 1 atom stereocenters. The van der Waals surface area contributed by atoms with Crippen LogP contribution in [0, 0.1) is 0 Å². The minimum Gasteiger partial charge on any atom is -0.485 e. The molecule has 1 unspecified atom stereocenters. The molecule has 0 bridgehead atoms. The van der Waals surface area contributed by atoms with Gasteiger partial charge < -0.3 is 35.3 Å². The predicted octanol–water partition coefficient (Wildman–Crippen LogP) is 1.80. The fourth-order valence-electron chi connectivity index (χ4n) is 6.41. The van der Waals surface area contributed by atoms with Gasteiger partial charge in [-0.25, -0.2) is 13.4 Å². The van der Waals surface area contributed by atoms with E-state index in [4.69, 9.17) is 24.7 Å². The molecular weight excluding hydrogens is 605 g/mol. The highest BCUT2D eigenvalue weighted by Gasteiger charge is 2.48. The second-order valence-corrected chi connectivity index (χ2v) is 13.3. The number of hydrogen-bond donors (Lipinski definition) is 3. The van der Waals surface area contributed by atoms with Crippen LogP contribution in [0.2, 0.25) is 0 Å². The van der Waals surface area contributed by atoms with Crippen LogP contribution < -0.4 is 25.8 Å². The molecule has 2 fully saturated rings. The van der Waals surface area contributed by atoms with E-state index in [-0.39, 0.29) is 59.9 Å². The van der Waals surface area contributed by atoms with Crippen LogP contribution in [0.15, 0.2) is 45.1 Å². The van der Waals surface area contributed by atoms with E-state index in [2.05, 4.69) is 20.5 Å². The molecule has 5 heterocycles. The number of piperidine rings is 1. The van der Waals surface area contributed by atoms with Gasteiger partial charge in [0.2, 0.25) is 10.0 Å². The summed E-state index contributed by atoms with van der Waals surface area (Å²) in [5.74, 6) is 0.456. The normalized spacial score (nSPS) is 25.3. The first-order valence-corrected chi connectivity index (χ1v) is 16.1. The number of ether oxygens (including phenoxy) is 4. The lowest BCUT2D eigenvalue weighted by Gasteiger charge is -2.39. The Hall–Kier alpha value is -2.89. The average Bonchev–Trinajstić information content (AvgIpc) is 3.47. The summed E-state index contributed by atoms with van der Waals surface area (Å²) in [4.78, 5) is 6.75. The van der Waals surface area contributed by atoms with Gasteiger partial charge in [-0.1, -0.05) is 0 Å². The molecule has 0 saturated carbocycles. The van der Waals surface area contributed by atoms with Crippen molar-refractivity contribution >= 4 is 21.5 Å². The summed E-state index contributed by atoms with van der Waals surface area (Å²) in [5, 5.41) is 5.81. The largest absolute Gasteiger partial charge is 0.485 e. The van der Waals surface area contributed by atoms with Crippen molar-refractivity contribution in [3.8, 4) is 11.5 Å². The maximum atomic E-state index is 13.8. The second kappa shape index (κ2) is 12.1. The molecule has 2 saturated heterocycles. The minimum absolute atomic E-state index is 0.00252. The number of sulfonamides is 1. The number of nitrogens with one attached hydrogen (secondary N) is 2. The first kappa shape index (κ1) is 31.1. The number of fused-ring (bicyclic) bond motifs is 2. The Labute approximate surface area is 254 Å². The number of nitrogens with two attached hydrogens (primary N) is 1. The number of methoxy groups -OCH3 is 1. The lowest BCUT2D eigenvalue weighted by molar-refractivity contribution is -0.0928. The van der Waals surface area contributed by atoms with Gasteiger partial charge in [-0.2, -0.15) is 17.5 Å². The SMILES string of the molecule is COCCC1(N)C=C(Nc2ccc(S(=O)(=O)N3CCC(N4CCOCC4)CC3)c3c2OCCO3)N=C2NCC(C(F)(F)F)=C21. The Morgan fingerprint density at radius 3 is 2.50 bits per heavy atom. The predicted molar refractivity (Wildman–Crippen MR) is 155 cm³/mol. The summed E-state index contributed by atoms with van der Waals surface area (Å²) in [6, 6.07) is 3.31. The Bertz CT molecular complexity index is 1470. The number of halogens is 3. The van der Waals surface area contributed by atoms with Gasteiger partial charge >= 0.3 is 6.18 Å². The van der Waals surface area contributed by atoms with Gasteiger partial charge in [0.05, 0.1) is 30.0 Å². The number of alkyl halides is 3. The van der Waals surface area contributed by atoms with E-state index in [1.54, 1.807) is 6.07 Å². The summed E-state index contributed by atoms with van der Waals surface area (Å²) in [7, 11) is -2.46. The topological polar surface area (TPSA) is 140 Å². The van der Waals surface area contributed by atoms with Gasteiger partial charge in [-0.15, -0.1) is 0 Å². The van der Waals surface area contributed by atoms with E-state index < -0.39 is 33.9 Å². The van der Waals surface area contributed by atoms with Crippen molar-refractivity contribution < 1.29 is 40.5 Å². The molecule has 12 nitrogen and oxygen atoms in total. The van der Waals surface area contributed by atoms with Gasteiger partial charge in [0.1, 0.15) is 29.8 Å². The smallest absolute Gasteiger partial charge is 0.414 e. The summed E-state index contributed by atoms with van der Waals surface area (Å²) in [5.41, 5.74) is 4.52. The number of hydrogen-bond acceptors (Lipinski definition) is 11. The molecule has 44 heavy (non-hydrogen) atoms. The quantitative estimate of drug-likeness (QED) is 0.385. The van der Waals surface area contributed by atoms with E-state index in [1.807, 2.05) is 0 Å². The van der Waals surface area contributed by atoms with Crippen molar-refractivity contribution in [1.82, 2.24) is 14.5 Å². The van der Waals surface area contributed by atoms with Crippen LogP contribution >= 0.6 is 0 Å². The summed E-state index contributed by atoms with van der Waals surface area (Å²) in [6.07, 6.45) is -1.64. The van der Waals surface area contributed by atoms with E-state index >= 15 is 0 Å². The third-order valence-electron chi connectivity index (χ3n) is 8.64. The van der Waals surface area contributed by atoms with Gasteiger partial charge in [0, 0.05) is 58.1 Å². The van der Waals surface area contributed by atoms with E-state index in [1.165, 1.54) is 23.6 Å². The van der Waals surface area contributed by atoms with Crippen molar-refractivity contribution in [3.63, 3.8) is 0 Å². The molecule has 1 aromatic rings. The fourth-order valence-corrected chi connectivity index (χ4v) is 8.01. The Morgan fingerprint density at radius 2 is 1.82 bits per heavy atom. The number of nitrogens with zero attached hydrogens (tertiary/aromatic N) is 3. The second-order valence-electron chi connectivity index (χ2n) is 11.4. The monoisotopic (exact) mass is 642 g/mol. The number of aliphatic imine (C=N–C) groups is 1. The first-order chi connectivity index (χ1) is 21.0. The molecule has 6 rings (SSSR count). The summed E-state index contributed by atoms with van der Waals surface area (Å²) >= 11 is 0. The minimum atomic E-state index is -4.58. The van der Waals surface area contributed by atoms with Gasteiger partial charge in [0.15, 0.2) is 11.5 Å². The van der Waals surface area contributed by atoms with Crippen LogP contribution in [-0.4, -0.2) is 114 Å². The molecule has 5 aliphatic rings. The van der Waals surface area contributed by atoms with Crippen LogP contribution in [0.3, 0.4) is 0 Å². The zero-order valence-corrected chi connectivity index (χ0v) is 25.2. The van der Waals surface area contributed by atoms with Gasteiger partial charge in [-0.3, -0.25) is 4.90 Å². The van der Waals surface area contributed by atoms with Gasteiger partial charge in [-0.05, 0) is 37.5 Å². The zero-order valence-electron chi connectivity index (χ0n) is 24.4. The van der Waals surface area contributed by atoms with Crippen molar-refractivity contribution in [1.29, 1.82) is 0 Å². The van der Waals surface area contributed by atoms with Crippen LogP contribution in [0.5, 0.6) is 11.5 Å².